The van der Waals surface area contributed by atoms with Crippen molar-refractivity contribution in [3.05, 3.63) is 87.8 Å². The quantitative estimate of drug-likeness (QED) is 0.259. The zero-order valence-corrected chi connectivity index (χ0v) is 20.2. The smallest absolute Gasteiger partial charge is 0.375 e. The van der Waals surface area contributed by atoms with Crippen LogP contribution < -0.4 is 19.6 Å². The molecule has 4 rings (SSSR count). The van der Waals surface area contributed by atoms with Gasteiger partial charge in [0.15, 0.2) is 11.5 Å². The molecule has 0 N–H and O–H groups in total. The van der Waals surface area contributed by atoms with Gasteiger partial charge in [-0.05, 0) is 55.3 Å². The van der Waals surface area contributed by atoms with E-state index in [1.807, 2.05) is 6.07 Å². The average molecular weight is 488 g/mol. The molecule has 3 aromatic carbocycles. The number of benzene rings is 3. The molecule has 0 saturated heterocycles. The molecule has 184 valence electrons. The lowest BCUT2D eigenvalue weighted by Crippen LogP contribution is -2.15. The van der Waals surface area contributed by atoms with Crippen LogP contribution in [-0.4, -0.2) is 32.8 Å². The summed E-state index contributed by atoms with van der Waals surface area (Å²) >= 11 is 0. The van der Waals surface area contributed by atoms with Crippen molar-refractivity contribution in [3.63, 3.8) is 0 Å². The second-order valence-corrected chi connectivity index (χ2v) is 7.79. The van der Waals surface area contributed by atoms with Crippen molar-refractivity contribution in [1.82, 2.24) is 0 Å². The second kappa shape index (κ2) is 10.4. The van der Waals surface area contributed by atoms with Gasteiger partial charge >= 0.3 is 11.9 Å². The van der Waals surface area contributed by atoms with Gasteiger partial charge in [0.25, 0.3) is 0 Å². The Morgan fingerprint density at radius 3 is 2.33 bits per heavy atom. The summed E-state index contributed by atoms with van der Waals surface area (Å²) in [5, 5.41) is 0.198. The van der Waals surface area contributed by atoms with Crippen LogP contribution >= 0.6 is 0 Å². The number of methoxy groups -OCH3 is 2. The zero-order chi connectivity index (χ0) is 25.8. The van der Waals surface area contributed by atoms with E-state index in [-0.39, 0.29) is 34.6 Å². The third-order valence-electron chi connectivity index (χ3n) is 5.57. The minimum absolute atomic E-state index is 0.0200. The molecule has 0 radical (unpaired) electrons. The summed E-state index contributed by atoms with van der Waals surface area (Å²) in [4.78, 5) is 39.0. The summed E-state index contributed by atoms with van der Waals surface area (Å²) in [6.07, 6.45) is 0. The van der Waals surface area contributed by atoms with Gasteiger partial charge < -0.3 is 23.4 Å². The Kier molecular flexibility index (Phi) is 7.05. The molecule has 0 amide bonds. The summed E-state index contributed by atoms with van der Waals surface area (Å²) in [6, 6.07) is 16.2. The van der Waals surface area contributed by atoms with Crippen molar-refractivity contribution in [2.45, 2.75) is 13.8 Å². The van der Waals surface area contributed by atoms with Crippen molar-refractivity contribution in [3.8, 4) is 28.4 Å². The first kappa shape index (κ1) is 24.5. The van der Waals surface area contributed by atoms with Gasteiger partial charge in [0, 0.05) is 6.07 Å². The first-order chi connectivity index (χ1) is 17.4. The van der Waals surface area contributed by atoms with Gasteiger partial charge in [-0.3, -0.25) is 4.79 Å². The standard InChI is InChI=1S/C28H24O8/c1-5-34-28(31)26-24(17-10-13-21(32-3)23(14-17)33-4)25(29)20-12-11-18(15-22(20)36-26)35-27(30)19-9-7-6-8-16(19)2/h6-15H,5H2,1-4H3. The van der Waals surface area contributed by atoms with Crippen LogP contribution in [0.4, 0.5) is 0 Å². The first-order valence-electron chi connectivity index (χ1n) is 11.2. The molecule has 0 aliphatic rings. The van der Waals surface area contributed by atoms with Gasteiger partial charge in [0.05, 0.1) is 37.3 Å². The van der Waals surface area contributed by atoms with E-state index in [9.17, 15) is 14.4 Å². The molecule has 8 nitrogen and oxygen atoms in total. The van der Waals surface area contributed by atoms with Crippen LogP contribution in [0, 0.1) is 6.92 Å². The fourth-order valence-corrected chi connectivity index (χ4v) is 3.80. The van der Waals surface area contributed by atoms with E-state index < -0.39 is 17.4 Å². The zero-order valence-electron chi connectivity index (χ0n) is 20.2. The topological polar surface area (TPSA) is 101 Å². The number of carbonyl (C=O) groups is 2. The number of hydrogen-bond donors (Lipinski definition) is 0. The van der Waals surface area contributed by atoms with E-state index in [1.165, 1.54) is 32.4 Å². The number of hydrogen-bond acceptors (Lipinski definition) is 8. The summed E-state index contributed by atoms with van der Waals surface area (Å²) in [5.41, 5.74) is 1.20. The molecular formula is C28H24O8. The molecule has 0 aliphatic carbocycles. The van der Waals surface area contributed by atoms with Crippen LogP contribution in [0.2, 0.25) is 0 Å². The highest BCUT2D eigenvalue weighted by atomic mass is 16.5. The molecule has 36 heavy (non-hydrogen) atoms. The van der Waals surface area contributed by atoms with Crippen molar-refractivity contribution in [1.29, 1.82) is 0 Å². The van der Waals surface area contributed by atoms with Crippen LogP contribution in [0.15, 0.2) is 69.9 Å². The third-order valence-corrected chi connectivity index (χ3v) is 5.57. The minimum Gasteiger partial charge on any atom is -0.493 e. The molecule has 1 heterocycles. The Morgan fingerprint density at radius 1 is 0.889 bits per heavy atom. The van der Waals surface area contributed by atoms with E-state index >= 15 is 0 Å². The molecule has 8 heteroatoms. The predicted octanol–water partition coefficient (Wildman–Crippen LogP) is 5.18. The van der Waals surface area contributed by atoms with Gasteiger partial charge in [0.1, 0.15) is 11.3 Å². The van der Waals surface area contributed by atoms with Crippen LogP contribution in [0.1, 0.15) is 33.4 Å². The SMILES string of the molecule is CCOC(=O)c1oc2cc(OC(=O)c3ccccc3C)ccc2c(=O)c1-c1ccc(OC)c(OC)c1. The van der Waals surface area contributed by atoms with E-state index in [0.717, 1.165) is 5.56 Å². The molecular weight excluding hydrogens is 464 g/mol. The normalized spacial score (nSPS) is 10.7. The Hall–Kier alpha value is -4.59. The van der Waals surface area contributed by atoms with Crippen molar-refractivity contribution in [2.75, 3.05) is 20.8 Å². The van der Waals surface area contributed by atoms with Gasteiger partial charge in [-0.25, -0.2) is 9.59 Å². The lowest BCUT2D eigenvalue weighted by molar-refractivity contribution is 0.0491. The van der Waals surface area contributed by atoms with Crippen molar-refractivity contribution < 1.29 is 33.0 Å². The Morgan fingerprint density at radius 2 is 1.64 bits per heavy atom. The maximum absolute atomic E-state index is 13.6. The summed E-state index contributed by atoms with van der Waals surface area (Å²) < 4.78 is 27.2. The fraction of sp³-hybridized carbons (Fsp3) is 0.179. The molecule has 0 unspecified atom stereocenters. The van der Waals surface area contributed by atoms with E-state index in [2.05, 4.69) is 0 Å². The number of esters is 2. The summed E-state index contributed by atoms with van der Waals surface area (Å²) in [6.45, 7) is 3.54. The molecule has 1 aromatic heterocycles. The summed E-state index contributed by atoms with van der Waals surface area (Å²) in [7, 11) is 2.96. The maximum atomic E-state index is 13.6. The van der Waals surface area contributed by atoms with Gasteiger partial charge in [-0.1, -0.05) is 24.3 Å². The highest BCUT2D eigenvalue weighted by Gasteiger charge is 2.24. The predicted molar refractivity (Wildman–Crippen MR) is 133 cm³/mol. The highest BCUT2D eigenvalue weighted by Crippen LogP contribution is 2.34. The van der Waals surface area contributed by atoms with Gasteiger partial charge in [-0.15, -0.1) is 0 Å². The van der Waals surface area contributed by atoms with Crippen molar-refractivity contribution in [2.24, 2.45) is 0 Å². The number of fused-ring (bicyclic) bond motifs is 1. The number of ether oxygens (including phenoxy) is 4. The Balaban J connectivity index is 1.84. The molecule has 0 aliphatic heterocycles. The largest absolute Gasteiger partial charge is 0.493 e. The first-order valence-corrected chi connectivity index (χ1v) is 11.2. The molecule has 0 saturated carbocycles. The lowest BCUT2D eigenvalue weighted by Gasteiger charge is -2.13. The maximum Gasteiger partial charge on any atom is 0.375 e. The number of aryl methyl sites for hydroxylation is 1. The molecule has 0 atom stereocenters. The molecule has 0 bridgehead atoms. The fourth-order valence-electron chi connectivity index (χ4n) is 3.80. The minimum atomic E-state index is -0.802. The summed E-state index contributed by atoms with van der Waals surface area (Å²) in [5.74, 6) is -0.630. The van der Waals surface area contributed by atoms with Gasteiger partial charge in [0.2, 0.25) is 11.2 Å². The highest BCUT2D eigenvalue weighted by molar-refractivity contribution is 5.98. The van der Waals surface area contributed by atoms with Gasteiger partial charge in [-0.2, -0.15) is 0 Å². The van der Waals surface area contributed by atoms with Crippen LogP contribution in [0.3, 0.4) is 0 Å². The van der Waals surface area contributed by atoms with Crippen molar-refractivity contribution >= 4 is 22.9 Å². The van der Waals surface area contributed by atoms with E-state index in [0.29, 0.717) is 22.6 Å². The number of rotatable bonds is 7. The molecule has 0 fully saturated rings. The van der Waals surface area contributed by atoms with E-state index in [1.54, 1.807) is 50.2 Å². The lowest BCUT2D eigenvalue weighted by atomic mass is 10.0. The monoisotopic (exact) mass is 488 g/mol. The van der Waals surface area contributed by atoms with Crippen LogP contribution in [-0.2, 0) is 4.74 Å². The van der Waals surface area contributed by atoms with Crippen LogP contribution in [0.25, 0.3) is 22.1 Å². The van der Waals surface area contributed by atoms with Crippen LogP contribution in [0.5, 0.6) is 17.2 Å². The molecule has 0 spiro atoms. The Bertz CT molecular complexity index is 1520. The molecule has 4 aromatic rings. The number of carbonyl (C=O) groups excluding carboxylic acids is 2. The van der Waals surface area contributed by atoms with E-state index in [4.69, 9.17) is 23.4 Å². The Labute approximate surface area is 207 Å². The average Bonchev–Trinajstić information content (AvgIpc) is 2.88. The third kappa shape index (κ3) is 4.65. The second-order valence-electron chi connectivity index (χ2n) is 7.79.